The highest BCUT2D eigenvalue weighted by atomic mass is 32.2. The van der Waals surface area contributed by atoms with Crippen LogP contribution in [0.15, 0.2) is 46.9 Å². The maximum atomic E-state index is 13.5. The van der Waals surface area contributed by atoms with Crippen LogP contribution in [0, 0.1) is 5.82 Å². The van der Waals surface area contributed by atoms with Gasteiger partial charge in [0.05, 0.1) is 18.8 Å². The summed E-state index contributed by atoms with van der Waals surface area (Å²) in [7, 11) is 0. The fourth-order valence-corrected chi connectivity index (χ4v) is 5.00. The van der Waals surface area contributed by atoms with Gasteiger partial charge in [0.1, 0.15) is 5.82 Å². The molecule has 0 bridgehead atoms. The second kappa shape index (κ2) is 11.4. The number of amides is 3. The Morgan fingerprint density at radius 3 is 2.61 bits per heavy atom. The number of thioether (sulfide) groups is 1. The first-order chi connectivity index (χ1) is 16.1. The van der Waals surface area contributed by atoms with Crippen molar-refractivity contribution in [1.29, 1.82) is 0 Å². The predicted molar refractivity (Wildman–Crippen MR) is 126 cm³/mol. The summed E-state index contributed by atoms with van der Waals surface area (Å²) in [5.41, 5.74) is 0.727. The van der Waals surface area contributed by atoms with E-state index in [9.17, 15) is 14.0 Å². The number of benzene rings is 1. The van der Waals surface area contributed by atoms with Crippen LogP contribution < -0.4 is 10.6 Å². The Kier molecular flexibility index (Phi) is 8.08. The minimum Gasteiger partial charge on any atom is -0.333 e. The third-order valence-electron chi connectivity index (χ3n) is 5.19. The van der Waals surface area contributed by atoms with Gasteiger partial charge in [-0.15, -0.1) is 21.5 Å². The lowest BCUT2D eigenvalue weighted by Crippen LogP contribution is -2.39. The topological polar surface area (TPSA) is 92.2 Å². The Balaban J connectivity index is 1.40. The maximum absolute atomic E-state index is 13.5. The monoisotopic (exact) mass is 488 g/mol. The van der Waals surface area contributed by atoms with Crippen molar-refractivity contribution in [3.8, 4) is 5.69 Å². The van der Waals surface area contributed by atoms with Crippen LogP contribution in [0.2, 0.25) is 0 Å². The number of hydrogen-bond donors (Lipinski definition) is 2. The van der Waals surface area contributed by atoms with Crippen LogP contribution in [-0.4, -0.2) is 50.4 Å². The number of carbonyl (C=O) groups is 2. The number of urea groups is 1. The maximum Gasteiger partial charge on any atom is 0.321 e. The summed E-state index contributed by atoms with van der Waals surface area (Å²) in [6.07, 6.45) is 3.54. The van der Waals surface area contributed by atoms with Gasteiger partial charge in [-0.2, -0.15) is 0 Å². The number of imide groups is 1. The molecule has 11 heteroatoms. The van der Waals surface area contributed by atoms with Gasteiger partial charge in [-0.05, 0) is 61.6 Å². The number of piperidine rings is 1. The molecule has 1 saturated heterocycles. The number of carbonyl (C=O) groups excluding carboxylic acids is 2. The number of nitrogens with one attached hydrogen (secondary N) is 2. The summed E-state index contributed by atoms with van der Waals surface area (Å²) in [6.45, 7) is 2.99. The smallest absolute Gasteiger partial charge is 0.321 e. The quantitative estimate of drug-likeness (QED) is 0.471. The van der Waals surface area contributed by atoms with Gasteiger partial charge in [0, 0.05) is 10.6 Å². The van der Waals surface area contributed by atoms with Crippen LogP contribution >= 0.6 is 23.1 Å². The van der Waals surface area contributed by atoms with Crippen LogP contribution in [0.25, 0.3) is 5.69 Å². The van der Waals surface area contributed by atoms with Crippen LogP contribution in [0.1, 0.15) is 30.0 Å². The van der Waals surface area contributed by atoms with E-state index in [0.29, 0.717) is 18.2 Å². The molecule has 1 aromatic carbocycles. The van der Waals surface area contributed by atoms with Crippen LogP contribution in [0.3, 0.4) is 0 Å². The molecule has 0 unspecified atom stereocenters. The predicted octanol–water partition coefficient (Wildman–Crippen LogP) is 3.57. The largest absolute Gasteiger partial charge is 0.333 e. The van der Waals surface area contributed by atoms with Crippen molar-refractivity contribution in [2.75, 3.05) is 18.8 Å². The number of hydrogen-bond acceptors (Lipinski definition) is 7. The lowest BCUT2D eigenvalue weighted by Gasteiger charge is -2.26. The second-order valence-corrected chi connectivity index (χ2v) is 9.62. The van der Waals surface area contributed by atoms with Gasteiger partial charge >= 0.3 is 6.03 Å². The van der Waals surface area contributed by atoms with Crippen LogP contribution in [-0.2, 0) is 17.9 Å². The van der Waals surface area contributed by atoms with Crippen molar-refractivity contribution in [2.24, 2.45) is 0 Å². The molecule has 0 aliphatic carbocycles. The van der Waals surface area contributed by atoms with E-state index in [1.807, 2.05) is 22.1 Å². The van der Waals surface area contributed by atoms with E-state index < -0.39 is 11.9 Å². The Morgan fingerprint density at radius 1 is 1.09 bits per heavy atom. The van der Waals surface area contributed by atoms with E-state index in [-0.39, 0.29) is 11.6 Å². The standard InChI is InChI=1S/C22H25FN6O2S2/c23-16-6-8-17(9-7-16)29-19(14-28-10-2-1-3-11-28)26-27-22(29)33-15-20(30)25-21(31)24-13-18-5-4-12-32-18/h4-9,12H,1-3,10-11,13-15H2,(H2,24,25,30,31). The average Bonchev–Trinajstić information content (AvgIpc) is 3.48. The zero-order chi connectivity index (χ0) is 23.0. The summed E-state index contributed by atoms with van der Waals surface area (Å²) in [5, 5.41) is 16.1. The second-order valence-electron chi connectivity index (χ2n) is 7.65. The van der Waals surface area contributed by atoms with Crippen LogP contribution in [0.5, 0.6) is 0 Å². The first kappa shape index (κ1) is 23.4. The average molecular weight is 489 g/mol. The van der Waals surface area contributed by atoms with Gasteiger partial charge in [-0.3, -0.25) is 19.6 Å². The molecule has 3 amide bonds. The minimum atomic E-state index is -0.542. The van der Waals surface area contributed by atoms with Crippen molar-refractivity contribution in [2.45, 2.75) is 37.5 Å². The lowest BCUT2D eigenvalue weighted by molar-refractivity contribution is -0.117. The summed E-state index contributed by atoms with van der Waals surface area (Å²) < 4.78 is 15.3. The first-order valence-electron chi connectivity index (χ1n) is 10.7. The van der Waals surface area contributed by atoms with Crippen molar-refractivity contribution in [1.82, 2.24) is 30.3 Å². The zero-order valence-corrected chi connectivity index (χ0v) is 19.6. The Hall–Kier alpha value is -2.76. The molecule has 174 valence electrons. The van der Waals surface area contributed by atoms with E-state index in [1.165, 1.54) is 41.7 Å². The highest BCUT2D eigenvalue weighted by molar-refractivity contribution is 7.99. The van der Waals surface area contributed by atoms with E-state index in [2.05, 4.69) is 25.7 Å². The van der Waals surface area contributed by atoms with Gasteiger partial charge in [-0.1, -0.05) is 24.2 Å². The van der Waals surface area contributed by atoms with E-state index >= 15 is 0 Å². The molecule has 4 rings (SSSR count). The van der Waals surface area contributed by atoms with Crippen molar-refractivity contribution >= 4 is 35.0 Å². The summed E-state index contributed by atoms with van der Waals surface area (Å²) in [4.78, 5) is 27.6. The van der Waals surface area contributed by atoms with E-state index in [4.69, 9.17) is 0 Å². The molecule has 8 nitrogen and oxygen atoms in total. The van der Waals surface area contributed by atoms with Crippen molar-refractivity contribution < 1.29 is 14.0 Å². The lowest BCUT2D eigenvalue weighted by atomic mass is 10.1. The number of thiophene rings is 1. The number of halogens is 1. The highest BCUT2D eigenvalue weighted by Gasteiger charge is 2.20. The number of aromatic nitrogens is 3. The normalized spacial score (nSPS) is 14.2. The molecule has 3 aromatic rings. The summed E-state index contributed by atoms with van der Waals surface area (Å²) >= 11 is 2.71. The van der Waals surface area contributed by atoms with Crippen molar-refractivity contribution in [3.63, 3.8) is 0 Å². The molecular formula is C22H25FN6O2S2. The van der Waals surface area contributed by atoms with Gasteiger partial charge < -0.3 is 5.32 Å². The molecule has 1 fully saturated rings. The van der Waals surface area contributed by atoms with Gasteiger partial charge in [0.2, 0.25) is 5.91 Å². The SMILES string of the molecule is O=C(CSc1nnc(CN2CCCCC2)n1-c1ccc(F)cc1)NC(=O)NCc1cccs1. The number of likely N-dealkylation sites (tertiary alicyclic amines) is 1. The van der Waals surface area contributed by atoms with Gasteiger partial charge in [0.25, 0.3) is 0 Å². The first-order valence-corrected chi connectivity index (χ1v) is 12.6. The number of rotatable bonds is 8. The zero-order valence-electron chi connectivity index (χ0n) is 18.0. The molecule has 2 aromatic heterocycles. The van der Waals surface area contributed by atoms with Gasteiger partial charge in [0.15, 0.2) is 11.0 Å². The Bertz CT molecular complexity index is 1070. The van der Waals surface area contributed by atoms with Crippen molar-refractivity contribution in [3.05, 3.63) is 58.3 Å². The third-order valence-corrected chi connectivity index (χ3v) is 6.99. The van der Waals surface area contributed by atoms with Gasteiger partial charge in [-0.25, -0.2) is 9.18 Å². The molecule has 3 heterocycles. The molecule has 1 aliphatic rings. The fraction of sp³-hybridized carbons (Fsp3) is 0.364. The highest BCUT2D eigenvalue weighted by Crippen LogP contribution is 2.24. The molecule has 0 spiro atoms. The third kappa shape index (κ3) is 6.62. The van der Waals surface area contributed by atoms with Crippen LogP contribution in [0.4, 0.5) is 9.18 Å². The van der Waals surface area contributed by atoms with E-state index in [0.717, 1.165) is 42.3 Å². The molecular weight excluding hydrogens is 463 g/mol. The molecule has 0 atom stereocenters. The minimum absolute atomic E-state index is 0.00450. The molecule has 0 radical (unpaired) electrons. The number of nitrogens with zero attached hydrogens (tertiary/aromatic N) is 4. The Labute approximate surface area is 199 Å². The van der Waals surface area contributed by atoms with E-state index in [1.54, 1.807) is 12.1 Å². The molecule has 33 heavy (non-hydrogen) atoms. The summed E-state index contributed by atoms with van der Waals surface area (Å²) in [5.74, 6) is -0.0308. The molecule has 2 N–H and O–H groups in total. The summed E-state index contributed by atoms with van der Waals surface area (Å²) in [6, 6.07) is 9.38. The Morgan fingerprint density at radius 2 is 1.88 bits per heavy atom. The fourth-order valence-electron chi connectivity index (χ4n) is 3.58. The molecule has 0 saturated carbocycles. The molecule has 1 aliphatic heterocycles.